The Morgan fingerprint density at radius 3 is 2.42 bits per heavy atom. The molecule has 0 saturated carbocycles. The number of rotatable bonds is 1. The molecule has 0 saturated heterocycles. The highest BCUT2D eigenvalue weighted by atomic mass is 19.4. The summed E-state index contributed by atoms with van der Waals surface area (Å²) in [4.78, 5) is 3.82. The van der Waals surface area contributed by atoms with Gasteiger partial charge in [0.25, 0.3) is 0 Å². The summed E-state index contributed by atoms with van der Waals surface area (Å²) in [7, 11) is 0. The lowest BCUT2D eigenvalue weighted by Gasteiger charge is -2.07. The Morgan fingerprint density at radius 1 is 0.947 bits per heavy atom. The number of benzene rings is 1. The van der Waals surface area contributed by atoms with Gasteiger partial charge in [-0.15, -0.1) is 0 Å². The third-order valence-electron chi connectivity index (χ3n) is 2.77. The molecule has 19 heavy (non-hydrogen) atoms. The number of hydrogen-bond acceptors (Lipinski definition) is 2. The topological polar surface area (TPSA) is 30.7 Å². The van der Waals surface area contributed by atoms with Crippen LogP contribution in [0.3, 0.4) is 0 Å². The second-order valence-electron chi connectivity index (χ2n) is 4.02. The third kappa shape index (κ3) is 2.05. The van der Waals surface area contributed by atoms with Crippen LogP contribution >= 0.6 is 0 Å². The minimum Gasteiger partial charge on any atom is -0.236 e. The van der Waals surface area contributed by atoms with E-state index < -0.39 is 11.7 Å². The molecule has 0 atom stereocenters. The maximum absolute atomic E-state index is 12.5. The molecule has 0 amide bonds. The smallest absolute Gasteiger partial charge is 0.236 e. The average Bonchev–Trinajstić information content (AvgIpc) is 2.82. The number of pyridine rings is 1. The Balaban J connectivity index is 2.07. The summed E-state index contributed by atoms with van der Waals surface area (Å²) in [5.74, 6) is 0.356. The van der Waals surface area contributed by atoms with Crippen LogP contribution in [0.5, 0.6) is 0 Å². The average molecular weight is 263 g/mol. The van der Waals surface area contributed by atoms with Crippen LogP contribution in [0.1, 0.15) is 5.56 Å². The first-order valence-electron chi connectivity index (χ1n) is 5.52. The first-order chi connectivity index (χ1) is 9.05. The van der Waals surface area contributed by atoms with Crippen molar-refractivity contribution in [3.63, 3.8) is 0 Å². The number of alkyl halides is 3. The highest BCUT2D eigenvalue weighted by molar-refractivity contribution is 5.79. The van der Waals surface area contributed by atoms with Gasteiger partial charge in [-0.25, -0.2) is 9.67 Å². The van der Waals surface area contributed by atoms with Crippen LogP contribution in [0.4, 0.5) is 13.2 Å². The van der Waals surface area contributed by atoms with Crippen molar-refractivity contribution in [2.24, 2.45) is 0 Å². The van der Waals surface area contributed by atoms with Crippen molar-refractivity contribution in [3.8, 4) is 5.82 Å². The largest absolute Gasteiger partial charge is 0.417 e. The summed E-state index contributed by atoms with van der Waals surface area (Å²) in [6.07, 6.45) is -1.92. The molecule has 0 fully saturated rings. The monoisotopic (exact) mass is 263 g/mol. The lowest BCUT2D eigenvalue weighted by molar-refractivity contribution is -0.137. The fourth-order valence-electron chi connectivity index (χ4n) is 1.83. The highest BCUT2D eigenvalue weighted by Crippen LogP contribution is 2.29. The number of halogens is 3. The van der Waals surface area contributed by atoms with E-state index in [1.807, 2.05) is 24.3 Å². The molecular formula is C13H8F3N3. The number of para-hydroxylation sites is 1. The zero-order valence-corrected chi connectivity index (χ0v) is 9.59. The van der Waals surface area contributed by atoms with Gasteiger partial charge in [-0.3, -0.25) is 0 Å². The lowest BCUT2D eigenvalue weighted by Crippen LogP contribution is -2.07. The van der Waals surface area contributed by atoms with E-state index in [1.165, 1.54) is 10.7 Å². The molecule has 96 valence electrons. The molecule has 6 heteroatoms. The van der Waals surface area contributed by atoms with Gasteiger partial charge >= 0.3 is 6.18 Å². The van der Waals surface area contributed by atoms with Crippen molar-refractivity contribution in [3.05, 3.63) is 54.4 Å². The van der Waals surface area contributed by atoms with E-state index in [9.17, 15) is 13.2 Å². The van der Waals surface area contributed by atoms with Gasteiger partial charge in [0.2, 0.25) is 0 Å². The van der Waals surface area contributed by atoms with E-state index in [0.717, 1.165) is 23.2 Å². The zero-order valence-electron chi connectivity index (χ0n) is 9.59. The van der Waals surface area contributed by atoms with Gasteiger partial charge < -0.3 is 0 Å². The Hall–Kier alpha value is -2.37. The molecule has 3 aromatic rings. The fourth-order valence-corrected chi connectivity index (χ4v) is 1.83. The van der Waals surface area contributed by atoms with Gasteiger partial charge in [0.05, 0.1) is 17.3 Å². The Bertz CT molecular complexity index is 714. The quantitative estimate of drug-likeness (QED) is 0.673. The van der Waals surface area contributed by atoms with E-state index in [0.29, 0.717) is 5.82 Å². The minimum absolute atomic E-state index is 0.356. The first kappa shape index (κ1) is 11.7. The van der Waals surface area contributed by atoms with E-state index in [2.05, 4.69) is 10.1 Å². The molecule has 0 aliphatic carbocycles. The van der Waals surface area contributed by atoms with E-state index in [4.69, 9.17) is 0 Å². The summed E-state index contributed by atoms with van der Waals surface area (Å²) in [5.41, 5.74) is 0.0301. The van der Waals surface area contributed by atoms with Crippen LogP contribution in [-0.4, -0.2) is 14.8 Å². The molecule has 2 heterocycles. The third-order valence-corrected chi connectivity index (χ3v) is 2.77. The zero-order chi connectivity index (χ0) is 13.5. The van der Waals surface area contributed by atoms with Crippen molar-refractivity contribution in [1.82, 2.24) is 14.8 Å². The maximum Gasteiger partial charge on any atom is 0.417 e. The molecule has 0 radical (unpaired) electrons. The molecule has 0 bridgehead atoms. The van der Waals surface area contributed by atoms with Gasteiger partial charge in [0.1, 0.15) is 0 Å². The van der Waals surface area contributed by atoms with Crippen molar-refractivity contribution in [1.29, 1.82) is 0 Å². The molecule has 0 spiro atoms. The summed E-state index contributed by atoms with van der Waals surface area (Å²) >= 11 is 0. The molecule has 0 aliphatic rings. The van der Waals surface area contributed by atoms with E-state index in [1.54, 1.807) is 6.20 Å². The fraction of sp³-hybridized carbons (Fsp3) is 0.0769. The van der Waals surface area contributed by atoms with Gasteiger partial charge in [0.15, 0.2) is 5.82 Å². The van der Waals surface area contributed by atoms with Crippen LogP contribution < -0.4 is 0 Å². The normalized spacial score (nSPS) is 11.9. The first-order valence-corrected chi connectivity index (χ1v) is 5.52. The summed E-state index contributed by atoms with van der Waals surface area (Å²) in [6, 6.07) is 9.73. The summed E-state index contributed by atoms with van der Waals surface area (Å²) < 4.78 is 38.9. The van der Waals surface area contributed by atoms with Gasteiger partial charge in [-0.1, -0.05) is 18.2 Å². The van der Waals surface area contributed by atoms with Gasteiger partial charge in [0, 0.05) is 11.6 Å². The van der Waals surface area contributed by atoms with E-state index >= 15 is 0 Å². The molecule has 0 unspecified atom stereocenters. The van der Waals surface area contributed by atoms with Crippen LogP contribution in [0.2, 0.25) is 0 Å². The summed E-state index contributed by atoms with van der Waals surface area (Å²) in [5, 5.41) is 5.04. The molecular weight excluding hydrogens is 255 g/mol. The number of nitrogens with zero attached hydrogens (tertiary/aromatic N) is 3. The van der Waals surface area contributed by atoms with Crippen LogP contribution in [0.25, 0.3) is 16.7 Å². The van der Waals surface area contributed by atoms with Crippen LogP contribution in [-0.2, 0) is 6.18 Å². The van der Waals surface area contributed by atoms with Crippen molar-refractivity contribution in [2.75, 3.05) is 0 Å². The van der Waals surface area contributed by atoms with Crippen molar-refractivity contribution < 1.29 is 13.2 Å². The molecule has 3 nitrogen and oxygen atoms in total. The number of hydrogen-bond donors (Lipinski definition) is 0. The number of aromatic nitrogens is 3. The predicted octanol–water partition coefficient (Wildman–Crippen LogP) is 3.44. The second-order valence-corrected chi connectivity index (χ2v) is 4.02. The van der Waals surface area contributed by atoms with Crippen LogP contribution in [0.15, 0.2) is 48.8 Å². The standard InChI is InChI=1S/C13H8F3N3/c14-13(15,16)10-5-6-12(17-8-10)19-11-4-2-1-3-9(11)7-18-19/h1-8H. The lowest BCUT2D eigenvalue weighted by atomic mass is 10.2. The molecule has 1 aromatic carbocycles. The summed E-state index contributed by atoms with van der Waals surface area (Å²) in [6.45, 7) is 0. The minimum atomic E-state index is -4.38. The predicted molar refractivity (Wildman–Crippen MR) is 63.9 cm³/mol. The van der Waals surface area contributed by atoms with Gasteiger partial charge in [-0.2, -0.15) is 18.3 Å². The SMILES string of the molecule is FC(F)(F)c1ccc(-n2ncc3ccccc32)nc1. The number of fused-ring (bicyclic) bond motifs is 1. The van der Waals surface area contributed by atoms with Crippen LogP contribution in [0, 0.1) is 0 Å². The van der Waals surface area contributed by atoms with Crippen molar-refractivity contribution in [2.45, 2.75) is 6.18 Å². The van der Waals surface area contributed by atoms with Gasteiger partial charge in [-0.05, 0) is 18.2 Å². The molecule has 0 N–H and O–H groups in total. The molecule has 3 rings (SSSR count). The van der Waals surface area contributed by atoms with E-state index in [-0.39, 0.29) is 0 Å². The van der Waals surface area contributed by atoms with Crippen molar-refractivity contribution >= 4 is 10.9 Å². The molecule has 2 aromatic heterocycles. The maximum atomic E-state index is 12.5. The second kappa shape index (κ2) is 4.08. The Labute approximate surface area is 106 Å². The Morgan fingerprint density at radius 2 is 1.74 bits per heavy atom. The molecule has 0 aliphatic heterocycles. The highest BCUT2D eigenvalue weighted by Gasteiger charge is 2.30. The Kier molecular flexibility index (Phi) is 2.51.